The van der Waals surface area contributed by atoms with Crippen LogP contribution < -0.4 is 0 Å². The largest absolute Gasteiger partial charge is 0.309 e. The minimum atomic E-state index is 0.646. The third-order valence-corrected chi connectivity index (χ3v) is 11.4. The zero-order chi connectivity index (χ0) is 36.7. The second-order valence-electron chi connectivity index (χ2n) is 14.4. The molecule has 0 bridgehead atoms. The van der Waals surface area contributed by atoms with Gasteiger partial charge in [-0.1, -0.05) is 127 Å². The molecule has 0 spiro atoms. The minimum absolute atomic E-state index is 0.646. The number of benzene rings is 8. The molecular weight excluding hydrogens is 683 g/mol. The van der Waals surface area contributed by atoms with Crippen LogP contribution in [0.25, 0.3) is 110 Å². The summed E-state index contributed by atoms with van der Waals surface area (Å²) in [5.41, 5.74) is 10.5. The molecule has 5 nitrogen and oxygen atoms in total. The van der Waals surface area contributed by atoms with Gasteiger partial charge in [-0.25, -0.2) is 9.97 Å². The van der Waals surface area contributed by atoms with Gasteiger partial charge in [0.1, 0.15) is 0 Å². The van der Waals surface area contributed by atoms with Crippen LogP contribution in [-0.2, 0) is 0 Å². The lowest BCUT2D eigenvalue weighted by atomic mass is 10.0. The lowest BCUT2D eigenvalue weighted by molar-refractivity contribution is 1.01. The van der Waals surface area contributed by atoms with E-state index in [-0.39, 0.29) is 0 Å². The number of hydrogen-bond acceptors (Lipinski definition) is 3. The second kappa shape index (κ2) is 11.9. The molecule has 0 aliphatic carbocycles. The molecular formula is C51H31N5. The lowest BCUT2D eigenvalue weighted by Crippen LogP contribution is -2.03. The highest BCUT2D eigenvalue weighted by atomic mass is 15.2. The summed E-state index contributed by atoms with van der Waals surface area (Å²) in [5, 5.41) is 10.8. The summed E-state index contributed by atoms with van der Waals surface area (Å²) in [6.07, 6.45) is 1.83. The van der Waals surface area contributed by atoms with Crippen LogP contribution in [0, 0.1) is 0 Å². The number of pyridine rings is 1. The van der Waals surface area contributed by atoms with Crippen molar-refractivity contribution in [2.24, 2.45) is 0 Å². The Bertz CT molecular complexity index is 3520. The van der Waals surface area contributed by atoms with Crippen LogP contribution >= 0.6 is 0 Å². The van der Waals surface area contributed by atoms with Gasteiger partial charge in [0.2, 0.25) is 5.95 Å². The van der Waals surface area contributed by atoms with Crippen LogP contribution in [0.15, 0.2) is 188 Å². The zero-order valence-corrected chi connectivity index (χ0v) is 30.1. The van der Waals surface area contributed by atoms with E-state index in [1.807, 2.05) is 30.5 Å². The van der Waals surface area contributed by atoms with Gasteiger partial charge in [-0.15, -0.1) is 0 Å². The molecule has 0 atom stereocenters. The van der Waals surface area contributed by atoms with Crippen LogP contribution in [-0.4, -0.2) is 24.1 Å². The van der Waals surface area contributed by atoms with Gasteiger partial charge < -0.3 is 4.57 Å². The summed E-state index contributed by atoms with van der Waals surface area (Å²) in [7, 11) is 0. The van der Waals surface area contributed by atoms with E-state index in [2.05, 4.69) is 172 Å². The van der Waals surface area contributed by atoms with Gasteiger partial charge in [-0.05, 0) is 76.1 Å². The van der Waals surface area contributed by atoms with Crippen LogP contribution in [0.5, 0.6) is 0 Å². The van der Waals surface area contributed by atoms with Crippen LogP contribution in [0.2, 0.25) is 0 Å². The maximum Gasteiger partial charge on any atom is 0.235 e. The molecule has 12 rings (SSSR count). The second-order valence-corrected chi connectivity index (χ2v) is 14.4. The molecule has 0 amide bonds. The Kier molecular flexibility index (Phi) is 6.56. The summed E-state index contributed by atoms with van der Waals surface area (Å²) in [4.78, 5) is 15.1. The van der Waals surface area contributed by atoms with Crippen molar-refractivity contribution in [3.63, 3.8) is 0 Å². The molecule has 4 heterocycles. The summed E-state index contributed by atoms with van der Waals surface area (Å²) >= 11 is 0. The lowest BCUT2D eigenvalue weighted by Gasteiger charge is -2.13. The Morgan fingerprint density at radius 3 is 1.75 bits per heavy atom. The van der Waals surface area contributed by atoms with Crippen molar-refractivity contribution in [3.05, 3.63) is 188 Å². The third kappa shape index (κ3) is 4.52. The van der Waals surface area contributed by atoms with E-state index >= 15 is 0 Å². The van der Waals surface area contributed by atoms with Gasteiger partial charge in [-0.2, -0.15) is 0 Å². The average molecular weight is 714 g/mol. The molecule has 0 aliphatic rings. The molecule has 0 N–H and O–H groups in total. The Morgan fingerprint density at radius 2 is 0.982 bits per heavy atom. The fourth-order valence-corrected chi connectivity index (χ4v) is 8.87. The number of fused-ring (bicyclic) bond motifs is 11. The van der Waals surface area contributed by atoms with Gasteiger partial charge in [0.15, 0.2) is 0 Å². The quantitative estimate of drug-likeness (QED) is 0.182. The number of hydrogen-bond donors (Lipinski definition) is 0. The standard InChI is InChI=1S/C51H31N5/c1-2-12-37-32(11-1)24-28-46-48(37)40-14-4-7-18-44(40)55(46)36-26-27-38-35(31-36)25-29-47-49(38)41-15-5-8-19-45(41)56(47)51-53-43-17-6-3-13-39(43)50(54-51)34-22-20-33(21-23-34)42-16-9-10-30-52-42/h1-31H. The first-order valence-electron chi connectivity index (χ1n) is 18.9. The first-order chi connectivity index (χ1) is 27.8. The molecule has 56 heavy (non-hydrogen) atoms. The minimum Gasteiger partial charge on any atom is -0.309 e. The molecule has 12 aromatic rings. The number of para-hydroxylation sites is 3. The number of rotatable bonds is 4. The molecule has 0 aliphatic heterocycles. The molecule has 0 radical (unpaired) electrons. The number of aromatic nitrogens is 5. The molecule has 4 aromatic heterocycles. The van der Waals surface area contributed by atoms with Crippen molar-refractivity contribution < 1.29 is 0 Å². The Morgan fingerprint density at radius 1 is 0.375 bits per heavy atom. The first kappa shape index (κ1) is 30.8. The zero-order valence-electron chi connectivity index (χ0n) is 30.1. The van der Waals surface area contributed by atoms with E-state index in [9.17, 15) is 0 Å². The molecule has 0 unspecified atom stereocenters. The van der Waals surface area contributed by atoms with Crippen molar-refractivity contribution in [1.29, 1.82) is 0 Å². The molecule has 0 fully saturated rings. The Balaban J connectivity index is 1.06. The smallest absolute Gasteiger partial charge is 0.235 e. The van der Waals surface area contributed by atoms with Crippen LogP contribution in [0.4, 0.5) is 0 Å². The predicted octanol–water partition coefficient (Wildman–Crippen LogP) is 12.9. The van der Waals surface area contributed by atoms with Crippen LogP contribution in [0.3, 0.4) is 0 Å². The third-order valence-electron chi connectivity index (χ3n) is 11.4. The topological polar surface area (TPSA) is 48.5 Å². The predicted molar refractivity (Wildman–Crippen MR) is 232 cm³/mol. The normalized spacial score (nSPS) is 11.9. The summed E-state index contributed by atoms with van der Waals surface area (Å²) in [5.74, 6) is 0.646. The van der Waals surface area contributed by atoms with Crippen molar-refractivity contribution in [2.75, 3.05) is 0 Å². The summed E-state index contributed by atoms with van der Waals surface area (Å²) in [6, 6.07) is 64.8. The Labute approximate surface area is 321 Å². The van der Waals surface area contributed by atoms with E-state index in [4.69, 9.17) is 9.97 Å². The van der Waals surface area contributed by atoms with E-state index in [1.165, 1.54) is 54.1 Å². The van der Waals surface area contributed by atoms with E-state index in [0.29, 0.717) is 5.95 Å². The van der Waals surface area contributed by atoms with Gasteiger partial charge in [-0.3, -0.25) is 9.55 Å². The molecule has 260 valence electrons. The fraction of sp³-hybridized carbons (Fsp3) is 0. The molecule has 0 saturated heterocycles. The van der Waals surface area contributed by atoms with Crippen molar-refractivity contribution in [3.8, 4) is 34.2 Å². The fourth-order valence-electron chi connectivity index (χ4n) is 8.87. The van der Waals surface area contributed by atoms with Crippen molar-refractivity contribution >= 4 is 76.1 Å². The highest BCUT2D eigenvalue weighted by molar-refractivity contribution is 6.23. The van der Waals surface area contributed by atoms with E-state index in [0.717, 1.165) is 50.1 Å². The molecule has 0 saturated carbocycles. The molecule has 8 aromatic carbocycles. The van der Waals surface area contributed by atoms with Crippen LogP contribution in [0.1, 0.15) is 0 Å². The first-order valence-corrected chi connectivity index (χ1v) is 18.9. The van der Waals surface area contributed by atoms with Gasteiger partial charge in [0.25, 0.3) is 0 Å². The van der Waals surface area contributed by atoms with E-state index in [1.54, 1.807) is 0 Å². The van der Waals surface area contributed by atoms with Gasteiger partial charge >= 0.3 is 0 Å². The number of nitrogens with zero attached hydrogens (tertiary/aromatic N) is 5. The van der Waals surface area contributed by atoms with Gasteiger partial charge in [0.05, 0.1) is 39.0 Å². The Hall–Kier alpha value is -7.63. The highest BCUT2D eigenvalue weighted by Gasteiger charge is 2.20. The summed E-state index contributed by atoms with van der Waals surface area (Å²) < 4.78 is 4.64. The maximum absolute atomic E-state index is 5.36. The van der Waals surface area contributed by atoms with Gasteiger partial charge in [0, 0.05) is 49.9 Å². The summed E-state index contributed by atoms with van der Waals surface area (Å²) in [6.45, 7) is 0. The van der Waals surface area contributed by atoms with E-state index < -0.39 is 0 Å². The van der Waals surface area contributed by atoms with Crippen molar-refractivity contribution in [1.82, 2.24) is 24.1 Å². The van der Waals surface area contributed by atoms with Crippen molar-refractivity contribution in [2.45, 2.75) is 0 Å². The maximum atomic E-state index is 5.36. The molecule has 5 heteroatoms. The monoisotopic (exact) mass is 713 g/mol. The SMILES string of the molecule is c1ccc(-c2ccc(-c3nc(-n4c5ccccc5c5c6ccc(-n7c8ccccc8c8c9ccccc9ccc87)cc6ccc54)nc4ccccc34)cc2)nc1. The average Bonchev–Trinajstić information content (AvgIpc) is 3.80. The highest BCUT2D eigenvalue weighted by Crippen LogP contribution is 2.41.